The summed E-state index contributed by atoms with van der Waals surface area (Å²) in [6.07, 6.45) is -3.90. The van der Waals surface area contributed by atoms with Gasteiger partial charge in [-0.05, 0) is 36.4 Å². The number of pyridine rings is 1. The van der Waals surface area contributed by atoms with Crippen molar-refractivity contribution in [2.75, 3.05) is 0 Å². The van der Waals surface area contributed by atoms with Gasteiger partial charge in [0.1, 0.15) is 11.5 Å². The van der Waals surface area contributed by atoms with Gasteiger partial charge in [0.25, 0.3) is 0 Å². The highest BCUT2D eigenvalue weighted by atomic mass is 19.4. The Bertz CT molecular complexity index is 588. The van der Waals surface area contributed by atoms with Crippen LogP contribution in [0.25, 0.3) is 0 Å². The standard InChI is InChI=1S/C13H7F4NO/c14-10-4-1-8(2-5-10)12(19)11-6-3-9(7-18-11)13(15,16)17/h1-7H. The lowest BCUT2D eigenvalue weighted by molar-refractivity contribution is -0.137. The van der Waals surface area contributed by atoms with Crippen molar-refractivity contribution in [3.63, 3.8) is 0 Å². The Morgan fingerprint density at radius 1 is 1.00 bits per heavy atom. The zero-order valence-corrected chi connectivity index (χ0v) is 9.41. The molecule has 0 radical (unpaired) electrons. The highest BCUT2D eigenvalue weighted by Crippen LogP contribution is 2.28. The summed E-state index contributed by atoms with van der Waals surface area (Å²) < 4.78 is 49.6. The van der Waals surface area contributed by atoms with Crippen molar-refractivity contribution in [1.82, 2.24) is 4.98 Å². The first-order valence-electron chi connectivity index (χ1n) is 5.21. The molecule has 0 aliphatic carbocycles. The summed E-state index contributed by atoms with van der Waals surface area (Å²) in [7, 11) is 0. The van der Waals surface area contributed by atoms with E-state index in [1.807, 2.05) is 0 Å². The summed E-state index contributed by atoms with van der Waals surface area (Å²) in [6.45, 7) is 0. The lowest BCUT2D eigenvalue weighted by Gasteiger charge is -2.06. The molecule has 19 heavy (non-hydrogen) atoms. The summed E-state index contributed by atoms with van der Waals surface area (Å²) in [4.78, 5) is 15.3. The molecule has 0 saturated carbocycles. The molecule has 0 spiro atoms. The molecular formula is C13H7F4NO. The van der Waals surface area contributed by atoms with Crippen LogP contribution in [0.1, 0.15) is 21.6 Å². The summed E-state index contributed by atoms with van der Waals surface area (Å²) in [5.41, 5.74) is -0.892. The fourth-order valence-electron chi connectivity index (χ4n) is 1.45. The van der Waals surface area contributed by atoms with Crippen LogP contribution in [-0.4, -0.2) is 10.8 Å². The maximum atomic E-state index is 12.7. The third kappa shape index (κ3) is 2.96. The van der Waals surface area contributed by atoms with Crippen molar-refractivity contribution in [3.05, 3.63) is 65.2 Å². The van der Waals surface area contributed by atoms with Gasteiger partial charge in [-0.25, -0.2) is 4.39 Å². The Morgan fingerprint density at radius 3 is 2.11 bits per heavy atom. The first-order chi connectivity index (χ1) is 8.88. The van der Waals surface area contributed by atoms with Crippen LogP contribution in [0, 0.1) is 5.82 Å². The fraction of sp³-hybridized carbons (Fsp3) is 0.0769. The van der Waals surface area contributed by atoms with Gasteiger partial charge in [0.15, 0.2) is 0 Å². The summed E-state index contributed by atoms with van der Waals surface area (Å²) in [5, 5.41) is 0. The molecule has 98 valence electrons. The van der Waals surface area contributed by atoms with Crippen LogP contribution in [0.4, 0.5) is 17.6 Å². The molecule has 0 unspecified atom stereocenters. The highest BCUT2D eigenvalue weighted by Gasteiger charge is 2.30. The Labute approximate surface area is 105 Å². The first-order valence-corrected chi connectivity index (χ1v) is 5.21. The van der Waals surface area contributed by atoms with E-state index in [0.29, 0.717) is 6.20 Å². The van der Waals surface area contributed by atoms with Crippen molar-refractivity contribution in [2.45, 2.75) is 6.18 Å². The van der Waals surface area contributed by atoms with E-state index in [9.17, 15) is 22.4 Å². The third-order valence-corrected chi connectivity index (χ3v) is 2.43. The van der Waals surface area contributed by atoms with Crippen LogP contribution in [-0.2, 0) is 6.18 Å². The van der Waals surface area contributed by atoms with Crippen LogP contribution < -0.4 is 0 Å². The highest BCUT2D eigenvalue weighted by molar-refractivity contribution is 6.07. The number of hydrogen-bond acceptors (Lipinski definition) is 2. The van der Waals surface area contributed by atoms with Gasteiger partial charge in [-0.15, -0.1) is 0 Å². The largest absolute Gasteiger partial charge is 0.417 e. The molecule has 2 nitrogen and oxygen atoms in total. The average Bonchev–Trinajstić information content (AvgIpc) is 2.38. The average molecular weight is 269 g/mol. The topological polar surface area (TPSA) is 30.0 Å². The number of ketones is 1. The predicted molar refractivity (Wildman–Crippen MR) is 59.1 cm³/mol. The minimum Gasteiger partial charge on any atom is -0.287 e. The maximum Gasteiger partial charge on any atom is 0.417 e. The molecule has 6 heteroatoms. The van der Waals surface area contributed by atoms with E-state index >= 15 is 0 Å². The Balaban J connectivity index is 2.27. The van der Waals surface area contributed by atoms with Gasteiger partial charge in [0.2, 0.25) is 5.78 Å². The lowest BCUT2D eigenvalue weighted by atomic mass is 10.1. The lowest BCUT2D eigenvalue weighted by Crippen LogP contribution is -2.09. The van der Waals surface area contributed by atoms with E-state index in [4.69, 9.17) is 0 Å². The Morgan fingerprint density at radius 2 is 1.63 bits per heavy atom. The van der Waals surface area contributed by atoms with E-state index in [1.54, 1.807) is 0 Å². The van der Waals surface area contributed by atoms with Crippen molar-refractivity contribution in [3.8, 4) is 0 Å². The molecule has 0 aliphatic rings. The molecule has 0 amide bonds. The molecule has 0 atom stereocenters. The smallest absolute Gasteiger partial charge is 0.287 e. The van der Waals surface area contributed by atoms with Crippen molar-refractivity contribution in [2.24, 2.45) is 0 Å². The SMILES string of the molecule is O=C(c1ccc(F)cc1)c1ccc(C(F)(F)F)cn1. The molecule has 1 aromatic carbocycles. The second-order valence-electron chi connectivity index (χ2n) is 3.77. The second-order valence-corrected chi connectivity index (χ2v) is 3.77. The number of benzene rings is 1. The molecule has 0 fully saturated rings. The molecule has 0 aliphatic heterocycles. The van der Waals surface area contributed by atoms with Gasteiger partial charge in [0.05, 0.1) is 5.56 Å². The van der Waals surface area contributed by atoms with Gasteiger partial charge in [-0.1, -0.05) is 0 Å². The second kappa shape index (κ2) is 4.79. The normalized spacial score (nSPS) is 11.4. The van der Waals surface area contributed by atoms with Crippen LogP contribution in [0.5, 0.6) is 0 Å². The number of halogens is 4. The molecule has 2 rings (SSSR count). The number of aromatic nitrogens is 1. The van der Waals surface area contributed by atoms with E-state index in [1.165, 1.54) is 12.1 Å². The minimum absolute atomic E-state index is 0.125. The first kappa shape index (κ1) is 13.2. The van der Waals surface area contributed by atoms with E-state index in [-0.39, 0.29) is 11.3 Å². The van der Waals surface area contributed by atoms with E-state index < -0.39 is 23.3 Å². The van der Waals surface area contributed by atoms with E-state index in [2.05, 4.69) is 4.98 Å². The number of rotatable bonds is 2. The molecule has 1 heterocycles. The molecule has 2 aromatic rings. The van der Waals surface area contributed by atoms with Gasteiger partial charge in [0, 0.05) is 11.8 Å². The van der Waals surface area contributed by atoms with Crippen LogP contribution >= 0.6 is 0 Å². The zero-order chi connectivity index (χ0) is 14.0. The van der Waals surface area contributed by atoms with Crippen LogP contribution in [0.2, 0.25) is 0 Å². The summed E-state index contributed by atoms with van der Waals surface area (Å²) in [5.74, 6) is -1.06. The molecular weight excluding hydrogens is 262 g/mol. The van der Waals surface area contributed by atoms with Crippen LogP contribution in [0.15, 0.2) is 42.6 Å². The van der Waals surface area contributed by atoms with Gasteiger partial charge in [-0.2, -0.15) is 13.2 Å². The molecule has 0 bridgehead atoms. The van der Waals surface area contributed by atoms with Gasteiger partial charge >= 0.3 is 6.18 Å². The monoisotopic (exact) mass is 269 g/mol. The molecule has 0 N–H and O–H groups in total. The van der Waals surface area contributed by atoms with E-state index in [0.717, 1.165) is 24.3 Å². The maximum absolute atomic E-state index is 12.7. The zero-order valence-electron chi connectivity index (χ0n) is 9.41. The predicted octanol–water partition coefficient (Wildman–Crippen LogP) is 3.47. The minimum atomic E-state index is -4.50. The van der Waals surface area contributed by atoms with Crippen LogP contribution in [0.3, 0.4) is 0 Å². The number of nitrogens with zero attached hydrogens (tertiary/aromatic N) is 1. The summed E-state index contributed by atoms with van der Waals surface area (Å²) >= 11 is 0. The third-order valence-electron chi connectivity index (χ3n) is 2.43. The summed E-state index contributed by atoms with van der Waals surface area (Å²) in [6, 6.07) is 6.46. The van der Waals surface area contributed by atoms with Crippen molar-refractivity contribution >= 4 is 5.78 Å². The van der Waals surface area contributed by atoms with Gasteiger partial charge < -0.3 is 0 Å². The number of carbonyl (C=O) groups excluding carboxylic acids is 1. The van der Waals surface area contributed by atoms with Gasteiger partial charge in [-0.3, -0.25) is 9.78 Å². The Kier molecular flexibility index (Phi) is 3.33. The number of hydrogen-bond donors (Lipinski definition) is 0. The Hall–Kier alpha value is -2.24. The number of alkyl halides is 3. The number of carbonyl (C=O) groups is 1. The molecule has 1 aromatic heterocycles. The quantitative estimate of drug-likeness (QED) is 0.617. The molecule has 0 saturated heterocycles. The van der Waals surface area contributed by atoms with Crippen molar-refractivity contribution in [1.29, 1.82) is 0 Å². The fourth-order valence-corrected chi connectivity index (χ4v) is 1.45. The van der Waals surface area contributed by atoms with Crippen molar-refractivity contribution < 1.29 is 22.4 Å².